The normalized spacial score (nSPS) is 12.0. The van der Waals surface area contributed by atoms with Crippen LogP contribution < -0.4 is 0 Å². The van der Waals surface area contributed by atoms with Gasteiger partial charge in [0.2, 0.25) is 0 Å². The van der Waals surface area contributed by atoms with Gasteiger partial charge in [-0.3, -0.25) is 0 Å². The van der Waals surface area contributed by atoms with Gasteiger partial charge >= 0.3 is 0 Å². The first-order chi connectivity index (χ1) is 27.2. The zero-order valence-corrected chi connectivity index (χ0v) is 29.3. The van der Waals surface area contributed by atoms with Gasteiger partial charge in [0, 0.05) is 43.4 Å². The van der Waals surface area contributed by atoms with Crippen molar-refractivity contribution >= 4 is 76.5 Å². The molecule has 12 rings (SSSR count). The van der Waals surface area contributed by atoms with Crippen LogP contribution >= 0.6 is 0 Å². The van der Waals surface area contributed by atoms with Crippen molar-refractivity contribution in [3.05, 3.63) is 170 Å². The molecule has 4 heterocycles. The Morgan fingerprint density at radius 3 is 1.80 bits per heavy atom. The lowest BCUT2D eigenvalue weighted by molar-refractivity contribution is 0.668. The Hall–Kier alpha value is -7.57. The molecule has 0 bridgehead atoms. The predicted octanol–water partition coefficient (Wildman–Crippen LogP) is 12.9. The summed E-state index contributed by atoms with van der Waals surface area (Å²) >= 11 is 0. The van der Waals surface area contributed by atoms with Crippen LogP contribution in [0.25, 0.3) is 116 Å². The molecule has 0 fully saturated rings. The maximum Gasteiger partial charge on any atom is 0.167 e. The fraction of sp³-hybridized carbons (Fsp3) is 0. The van der Waals surface area contributed by atoms with Crippen LogP contribution in [-0.2, 0) is 0 Å². The molecule has 0 atom stereocenters. The summed E-state index contributed by atoms with van der Waals surface area (Å²) in [7, 11) is 0. The van der Waals surface area contributed by atoms with Crippen molar-refractivity contribution in [3.8, 4) is 39.9 Å². The molecule has 6 heteroatoms. The summed E-state index contributed by atoms with van der Waals surface area (Å²) < 4.78 is 15.4. The van der Waals surface area contributed by atoms with Crippen molar-refractivity contribution in [2.45, 2.75) is 0 Å². The number of hydrogen-bond donors (Lipinski definition) is 0. The molecule has 256 valence electrons. The standard InChI is InChI=1S/C49H28N4O2/c1-2-13-29(14-3-1)47-50-48(36-21-12-20-35-33-18-7-11-24-44(33)55-46(35)36)52-49(51-47)39-28-45-38(34-19-8-10-23-43(34)54-45)27-42(39)53-40-22-9-6-17-32(40)37-25-30-15-4-5-16-31(30)26-41(37)53/h1-28H. The summed E-state index contributed by atoms with van der Waals surface area (Å²) in [6.45, 7) is 0. The lowest BCUT2D eigenvalue weighted by atomic mass is 10.0. The van der Waals surface area contributed by atoms with E-state index in [1.807, 2.05) is 72.8 Å². The average Bonchev–Trinajstić information content (AvgIpc) is 3.91. The first-order valence-electron chi connectivity index (χ1n) is 18.4. The SMILES string of the molecule is c1ccc(-c2nc(-c3cc4oc5ccccc5c4cc3-n3c4ccccc4c4cc5ccccc5cc43)nc(-c3cccc4c3oc3ccccc34)n2)cc1. The lowest BCUT2D eigenvalue weighted by Gasteiger charge is -2.15. The Bertz CT molecular complexity index is 3500. The first-order valence-corrected chi connectivity index (χ1v) is 18.4. The number of nitrogens with zero attached hydrogens (tertiary/aromatic N) is 4. The van der Waals surface area contributed by atoms with E-state index in [9.17, 15) is 0 Å². The molecule has 8 aromatic carbocycles. The fourth-order valence-corrected chi connectivity index (χ4v) is 8.30. The van der Waals surface area contributed by atoms with Crippen LogP contribution in [0, 0.1) is 0 Å². The highest BCUT2D eigenvalue weighted by Crippen LogP contribution is 2.42. The third kappa shape index (κ3) is 4.52. The minimum atomic E-state index is 0.525. The lowest BCUT2D eigenvalue weighted by Crippen LogP contribution is -2.04. The second-order valence-electron chi connectivity index (χ2n) is 14.0. The summed E-state index contributed by atoms with van der Waals surface area (Å²) in [5.74, 6) is 1.62. The minimum absolute atomic E-state index is 0.525. The van der Waals surface area contributed by atoms with Crippen LogP contribution in [0.1, 0.15) is 0 Å². The molecule has 0 aliphatic carbocycles. The molecule has 0 aliphatic rings. The van der Waals surface area contributed by atoms with E-state index in [4.69, 9.17) is 23.8 Å². The Balaban J connectivity index is 1.21. The van der Waals surface area contributed by atoms with Gasteiger partial charge in [-0.05, 0) is 59.3 Å². The number of furan rings is 2. The highest BCUT2D eigenvalue weighted by molar-refractivity contribution is 6.15. The van der Waals surface area contributed by atoms with E-state index >= 15 is 0 Å². The fourth-order valence-electron chi connectivity index (χ4n) is 8.30. The maximum atomic E-state index is 6.55. The zero-order chi connectivity index (χ0) is 36.0. The molecule has 0 unspecified atom stereocenters. The molecular weight excluding hydrogens is 677 g/mol. The Kier molecular flexibility index (Phi) is 6.24. The summed E-state index contributed by atoms with van der Waals surface area (Å²) in [4.78, 5) is 15.7. The number of aromatic nitrogens is 4. The number of hydrogen-bond acceptors (Lipinski definition) is 5. The van der Waals surface area contributed by atoms with Crippen molar-refractivity contribution < 1.29 is 8.83 Å². The molecule has 4 aromatic heterocycles. The minimum Gasteiger partial charge on any atom is -0.456 e. The van der Waals surface area contributed by atoms with E-state index in [1.54, 1.807) is 0 Å². The predicted molar refractivity (Wildman–Crippen MR) is 223 cm³/mol. The highest BCUT2D eigenvalue weighted by atomic mass is 16.3. The molecule has 0 aliphatic heterocycles. The number of benzene rings is 8. The van der Waals surface area contributed by atoms with E-state index in [-0.39, 0.29) is 0 Å². The van der Waals surface area contributed by atoms with Gasteiger partial charge in [-0.1, -0.05) is 121 Å². The summed E-state index contributed by atoms with van der Waals surface area (Å²) in [6, 6.07) is 58.6. The van der Waals surface area contributed by atoms with Crippen molar-refractivity contribution in [2.24, 2.45) is 0 Å². The largest absolute Gasteiger partial charge is 0.456 e. The third-order valence-corrected chi connectivity index (χ3v) is 10.8. The van der Waals surface area contributed by atoms with Crippen molar-refractivity contribution in [3.63, 3.8) is 0 Å². The number of para-hydroxylation sites is 4. The van der Waals surface area contributed by atoms with E-state index in [0.717, 1.165) is 77.3 Å². The Morgan fingerprint density at radius 1 is 0.364 bits per heavy atom. The van der Waals surface area contributed by atoms with E-state index in [0.29, 0.717) is 17.5 Å². The summed E-state index contributed by atoms with van der Waals surface area (Å²) in [5, 5.41) is 8.85. The van der Waals surface area contributed by atoms with Gasteiger partial charge in [-0.2, -0.15) is 0 Å². The van der Waals surface area contributed by atoms with Gasteiger partial charge < -0.3 is 13.4 Å². The topological polar surface area (TPSA) is 69.9 Å². The highest BCUT2D eigenvalue weighted by Gasteiger charge is 2.23. The van der Waals surface area contributed by atoms with Gasteiger partial charge in [-0.15, -0.1) is 0 Å². The molecule has 12 aromatic rings. The van der Waals surface area contributed by atoms with Gasteiger partial charge in [0.25, 0.3) is 0 Å². The molecule has 0 spiro atoms. The average molecular weight is 705 g/mol. The smallest absolute Gasteiger partial charge is 0.167 e. The molecule has 0 amide bonds. The quantitative estimate of drug-likeness (QED) is 0.182. The first kappa shape index (κ1) is 29.9. The van der Waals surface area contributed by atoms with Crippen molar-refractivity contribution in [1.29, 1.82) is 0 Å². The molecular formula is C49H28N4O2. The summed E-state index contributed by atoms with van der Waals surface area (Å²) in [6.07, 6.45) is 0. The molecule has 55 heavy (non-hydrogen) atoms. The Labute approximate surface area is 313 Å². The van der Waals surface area contributed by atoms with Crippen LogP contribution in [0.2, 0.25) is 0 Å². The third-order valence-electron chi connectivity index (χ3n) is 10.8. The molecule has 0 radical (unpaired) electrons. The number of rotatable bonds is 4. The van der Waals surface area contributed by atoms with E-state index in [1.165, 1.54) is 21.5 Å². The molecule has 0 N–H and O–H groups in total. The van der Waals surface area contributed by atoms with Crippen LogP contribution in [0.15, 0.2) is 179 Å². The van der Waals surface area contributed by atoms with Gasteiger partial charge in [0.05, 0.1) is 22.3 Å². The second-order valence-corrected chi connectivity index (χ2v) is 14.0. The maximum absolute atomic E-state index is 6.55. The zero-order valence-electron chi connectivity index (χ0n) is 29.3. The summed E-state index contributed by atoms with van der Waals surface area (Å²) in [5.41, 5.74) is 8.77. The second kappa shape index (κ2) is 11.5. The molecule has 0 saturated carbocycles. The number of fused-ring (bicyclic) bond motifs is 10. The van der Waals surface area contributed by atoms with Crippen molar-refractivity contribution in [2.75, 3.05) is 0 Å². The van der Waals surface area contributed by atoms with Crippen molar-refractivity contribution in [1.82, 2.24) is 19.5 Å². The van der Waals surface area contributed by atoms with Gasteiger partial charge in [0.15, 0.2) is 17.5 Å². The van der Waals surface area contributed by atoms with E-state index in [2.05, 4.69) is 102 Å². The van der Waals surface area contributed by atoms with Crippen LogP contribution in [0.5, 0.6) is 0 Å². The Morgan fingerprint density at radius 2 is 0.982 bits per heavy atom. The van der Waals surface area contributed by atoms with Crippen LogP contribution in [0.3, 0.4) is 0 Å². The van der Waals surface area contributed by atoms with Crippen LogP contribution in [0.4, 0.5) is 0 Å². The monoisotopic (exact) mass is 704 g/mol. The molecule has 6 nitrogen and oxygen atoms in total. The van der Waals surface area contributed by atoms with E-state index < -0.39 is 0 Å². The van der Waals surface area contributed by atoms with Crippen LogP contribution in [-0.4, -0.2) is 19.5 Å². The van der Waals surface area contributed by atoms with Gasteiger partial charge in [-0.25, -0.2) is 15.0 Å². The van der Waals surface area contributed by atoms with Gasteiger partial charge in [0.1, 0.15) is 22.3 Å². The molecule has 0 saturated heterocycles.